The zero-order valence-corrected chi connectivity index (χ0v) is 25.1. The molecule has 1 amide bonds. The fraction of sp³-hybridized carbons (Fsp3) is 0.515. The number of amides is 1. The highest BCUT2D eigenvalue weighted by Crippen LogP contribution is 2.43. The highest BCUT2D eigenvalue weighted by Gasteiger charge is 2.46. The summed E-state index contributed by atoms with van der Waals surface area (Å²) in [5.74, 6) is 0.921. The van der Waals surface area contributed by atoms with E-state index in [1.54, 1.807) is 11.0 Å². The van der Waals surface area contributed by atoms with Crippen LogP contribution < -0.4 is 14.2 Å². The van der Waals surface area contributed by atoms with Crippen molar-refractivity contribution in [3.63, 3.8) is 0 Å². The minimum atomic E-state index is -0.779. The molecule has 2 atom stereocenters. The summed E-state index contributed by atoms with van der Waals surface area (Å²) in [5.41, 5.74) is 2.20. The Kier molecular flexibility index (Phi) is 9.38. The molecule has 0 bridgehead atoms. The highest BCUT2D eigenvalue weighted by atomic mass is 16.5. The first-order chi connectivity index (χ1) is 20.3. The molecule has 0 saturated carbocycles. The normalized spacial score (nSPS) is 22.0. The molecular weight excluding hydrogens is 536 g/mol. The van der Waals surface area contributed by atoms with Gasteiger partial charge in [0.1, 0.15) is 17.6 Å². The van der Waals surface area contributed by atoms with Gasteiger partial charge in [0.05, 0.1) is 38.0 Å². The van der Waals surface area contributed by atoms with E-state index >= 15 is 0 Å². The maximum atomic E-state index is 13.6. The number of hydrogen-bond acceptors (Lipinski definition) is 8. The smallest absolute Gasteiger partial charge is 0.295 e. The number of benzene rings is 2. The second-order valence-corrected chi connectivity index (χ2v) is 11.6. The number of Topliss-reactive ketones (excluding diaryl/α,β-unsaturated/α-hetero) is 1. The Morgan fingerprint density at radius 1 is 1.05 bits per heavy atom. The van der Waals surface area contributed by atoms with Crippen molar-refractivity contribution >= 4 is 17.4 Å². The number of ether oxygens (including phenoxy) is 4. The zero-order valence-electron chi connectivity index (χ0n) is 25.1. The number of carbonyl (C=O) groups is 2. The van der Waals surface area contributed by atoms with Crippen LogP contribution in [0.4, 0.5) is 0 Å². The molecule has 2 saturated heterocycles. The summed E-state index contributed by atoms with van der Waals surface area (Å²) in [5, 5.41) is 11.6. The van der Waals surface area contributed by atoms with Crippen LogP contribution in [-0.2, 0) is 20.7 Å². The number of aliphatic hydroxyl groups excluding tert-OH is 1. The molecule has 0 spiro atoms. The molecule has 9 nitrogen and oxygen atoms in total. The van der Waals surface area contributed by atoms with Gasteiger partial charge in [0.2, 0.25) is 0 Å². The maximum absolute atomic E-state index is 13.6. The van der Waals surface area contributed by atoms with Crippen LogP contribution in [0.2, 0.25) is 0 Å². The third-order valence-electron chi connectivity index (χ3n) is 8.01. The molecule has 9 heteroatoms. The van der Waals surface area contributed by atoms with E-state index < -0.39 is 17.7 Å². The summed E-state index contributed by atoms with van der Waals surface area (Å²) in [6.45, 7) is 12.9. The van der Waals surface area contributed by atoms with Crippen molar-refractivity contribution in [2.75, 3.05) is 52.6 Å². The van der Waals surface area contributed by atoms with Gasteiger partial charge in [-0.25, -0.2) is 0 Å². The van der Waals surface area contributed by atoms with Gasteiger partial charge >= 0.3 is 0 Å². The number of rotatable bonds is 11. The molecule has 0 unspecified atom stereocenters. The van der Waals surface area contributed by atoms with Crippen LogP contribution in [0.15, 0.2) is 42.0 Å². The number of likely N-dealkylation sites (tertiary alicyclic amines) is 1. The molecule has 2 aromatic rings. The molecular formula is C33H42N2O7. The van der Waals surface area contributed by atoms with E-state index in [-0.39, 0.29) is 17.4 Å². The lowest BCUT2D eigenvalue weighted by atomic mass is 9.94. The molecule has 0 radical (unpaired) electrons. The predicted molar refractivity (Wildman–Crippen MR) is 159 cm³/mol. The molecule has 5 rings (SSSR count). The van der Waals surface area contributed by atoms with E-state index in [1.165, 1.54) is 0 Å². The molecule has 0 aliphatic carbocycles. The first-order valence-electron chi connectivity index (χ1n) is 15.0. The third kappa shape index (κ3) is 6.42. The quantitative estimate of drug-likeness (QED) is 0.235. The lowest BCUT2D eigenvalue weighted by molar-refractivity contribution is -0.140. The van der Waals surface area contributed by atoms with Crippen LogP contribution in [0, 0.1) is 5.92 Å². The molecule has 42 heavy (non-hydrogen) atoms. The Bertz CT molecular complexity index is 1330. The first kappa shape index (κ1) is 29.9. The molecule has 3 aliphatic heterocycles. The van der Waals surface area contributed by atoms with Crippen molar-refractivity contribution in [2.45, 2.75) is 52.7 Å². The van der Waals surface area contributed by atoms with Crippen molar-refractivity contribution in [3.05, 3.63) is 58.7 Å². The second kappa shape index (κ2) is 13.2. The van der Waals surface area contributed by atoms with Gasteiger partial charge in [-0.1, -0.05) is 19.9 Å². The van der Waals surface area contributed by atoms with Gasteiger partial charge in [0, 0.05) is 38.2 Å². The average molecular weight is 579 g/mol. The minimum Gasteiger partial charge on any atom is -0.507 e. The molecule has 3 aliphatic rings. The fourth-order valence-corrected chi connectivity index (χ4v) is 5.74. The lowest BCUT2D eigenvalue weighted by Gasteiger charge is -2.31. The van der Waals surface area contributed by atoms with Crippen molar-refractivity contribution in [2.24, 2.45) is 5.92 Å². The number of hydrogen-bond donors (Lipinski definition) is 1. The topological polar surface area (TPSA) is 97.8 Å². The minimum absolute atomic E-state index is 0.0430. The van der Waals surface area contributed by atoms with Crippen molar-refractivity contribution in [3.8, 4) is 17.2 Å². The number of nitrogens with zero attached hydrogens (tertiary/aromatic N) is 2. The number of fused-ring (bicyclic) bond motifs is 1. The fourth-order valence-electron chi connectivity index (χ4n) is 5.74. The van der Waals surface area contributed by atoms with E-state index in [0.717, 1.165) is 30.8 Å². The molecule has 2 fully saturated rings. The van der Waals surface area contributed by atoms with Crippen LogP contribution in [0.1, 0.15) is 56.8 Å². The Balaban J connectivity index is 1.53. The van der Waals surface area contributed by atoms with Gasteiger partial charge < -0.3 is 29.0 Å². The van der Waals surface area contributed by atoms with Gasteiger partial charge in [0.15, 0.2) is 11.5 Å². The summed E-state index contributed by atoms with van der Waals surface area (Å²) in [6.07, 6.45) is 1.66. The summed E-state index contributed by atoms with van der Waals surface area (Å²) in [4.78, 5) is 30.9. The molecule has 226 valence electrons. The third-order valence-corrected chi connectivity index (χ3v) is 8.01. The number of morpholine rings is 1. The summed E-state index contributed by atoms with van der Waals surface area (Å²) in [6, 6.07) is 10.1. The zero-order chi connectivity index (χ0) is 29.8. The van der Waals surface area contributed by atoms with Crippen molar-refractivity contribution in [1.82, 2.24) is 9.80 Å². The van der Waals surface area contributed by atoms with Gasteiger partial charge in [-0.3, -0.25) is 14.5 Å². The van der Waals surface area contributed by atoms with Gasteiger partial charge in [-0.2, -0.15) is 0 Å². The van der Waals surface area contributed by atoms with E-state index in [1.807, 2.05) is 44.2 Å². The molecule has 0 aromatic heterocycles. The number of aliphatic hydroxyl groups is 1. The van der Waals surface area contributed by atoms with Gasteiger partial charge in [-0.05, 0) is 67.6 Å². The van der Waals surface area contributed by atoms with E-state index in [4.69, 9.17) is 18.9 Å². The summed E-state index contributed by atoms with van der Waals surface area (Å²) in [7, 11) is 0. The monoisotopic (exact) mass is 578 g/mol. The SMILES string of the molecule is CCOc1cc([C@@H]2C(=C(O)c3ccc4c(c3)C[C@H](C)O4)C(=O)C(=O)N2CCN2CCOCC2)ccc1OCCC(C)C. The lowest BCUT2D eigenvalue weighted by Crippen LogP contribution is -2.42. The summed E-state index contributed by atoms with van der Waals surface area (Å²) < 4.78 is 23.3. The van der Waals surface area contributed by atoms with Crippen LogP contribution in [0.25, 0.3) is 5.76 Å². The number of ketones is 1. The predicted octanol–water partition coefficient (Wildman–Crippen LogP) is 4.59. The van der Waals surface area contributed by atoms with Crippen molar-refractivity contribution in [1.29, 1.82) is 0 Å². The van der Waals surface area contributed by atoms with Crippen molar-refractivity contribution < 1.29 is 33.6 Å². The van der Waals surface area contributed by atoms with E-state index in [2.05, 4.69) is 18.7 Å². The average Bonchev–Trinajstić information content (AvgIpc) is 3.47. The molecule has 3 heterocycles. The summed E-state index contributed by atoms with van der Waals surface area (Å²) >= 11 is 0. The first-order valence-corrected chi connectivity index (χ1v) is 15.0. The highest BCUT2D eigenvalue weighted by molar-refractivity contribution is 6.46. The Morgan fingerprint density at radius 3 is 2.57 bits per heavy atom. The van der Waals surface area contributed by atoms with Gasteiger partial charge in [0.25, 0.3) is 11.7 Å². The van der Waals surface area contributed by atoms with E-state index in [9.17, 15) is 14.7 Å². The van der Waals surface area contributed by atoms with Gasteiger partial charge in [-0.15, -0.1) is 0 Å². The molecule has 1 N–H and O–H groups in total. The standard InChI is InChI=1S/C33H42N2O7/c1-5-40-28-20-23(6-9-27(28)41-15-10-21(2)3)30-29(31(36)24-7-8-26-25(19-24)18-22(4)42-26)32(37)33(38)35(30)12-11-34-13-16-39-17-14-34/h6-9,19-22,30,36H,5,10-18H2,1-4H3/t22-,30+/m0/s1. The Hall–Kier alpha value is -3.56. The number of carbonyl (C=O) groups excluding carboxylic acids is 2. The molecule has 2 aromatic carbocycles. The van der Waals surface area contributed by atoms with E-state index in [0.29, 0.717) is 74.5 Å². The second-order valence-electron chi connectivity index (χ2n) is 11.6. The Labute approximate surface area is 248 Å². The Morgan fingerprint density at radius 2 is 1.83 bits per heavy atom. The van der Waals surface area contributed by atoms with Crippen LogP contribution in [0.3, 0.4) is 0 Å². The van der Waals surface area contributed by atoms with Crippen LogP contribution in [-0.4, -0.2) is 85.3 Å². The van der Waals surface area contributed by atoms with Crippen LogP contribution >= 0.6 is 0 Å². The van der Waals surface area contributed by atoms with Crippen LogP contribution in [0.5, 0.6) is 17.2 Å². The maximum Gasteiger partial charge on any atom is 0.295 e. The largest absolute Gasteiger partial charge is 0.507 e.